The second-order valence-electron chi connectivity index (χ2n) is 6.46. The number of hydrogen-bond acceptors (Lipinski definition) is 2. The van der Waals surface area contributed by atoms with Crippen molar-refractivity contribution in [3.05, 3.63) is 71.8 Å². The summed E-state index contributed by atoms with van der Waals surface area (Å²) in [6.07, 6.45) is 4.30. The molecule has 3 rings (SSSR count). The zero-order chi connectivity index (χ0) is 18.2. The second-order valence-corrected chi connectivity index (χ2v) is 6.46. The van der Waals surface area contributed by atoms with Crippen LogP contribution in [0.5, 0.6) is 0 Å². The fourth-order valence-electron chi connectivity index (χ4n) is 3.05. The standard InChI is InChI=1S/C23H24N2O/c1-19(26)24-23-12-10-20(11-13-23)7-5-6-16-25-17-14-22(15-18-25)21-8-3-2-4-9-21/h2-4,8-14H,6,15-18H2,1H3,(H,24,26). The SMILES string of the molecule is CC(=O)Nc1ccc(C#CCCN2CC=C(c3ccccc3)CC2)cc1. The van der Waals surface area contributed by atoms with Crippen molar-refractivity contribution < 1.29 is 4.79 Å². The third-order valence-corrected chi connectivity index (χ3v) is 4.43. The van der Waals surface area contributed by atoms with Gasteiger partial charge in [-0.15, -0.1) is 0 Å². The summed E-state index contributed by atoms with van der Waals surface area (Å²) in [6, 6.07) is 18.3. The molecule has 26 heavy (non-hydrogen) atoms. The molecule has 1 aliphatic rings. The Kier molecular flexibility index (Phi) is 6.24. The molecule has 0 aliphatic carbocycles. The zero-order valence-corrected chi connectivity index (χ0v) is 15.2. The van der Waals surface area contributed by atoms with Crippen LogP contribution in [0.2, 0.25) is 0 Å². The van der Waals surface area contributed by atoms with Gasteiger partial charge in [0, 0.05) is 44.2 Å². The lowest BCUT2D eigenvalue weighted by atomic mass is 9.99. The molecule has 0 aromatic heterocycles. The third-order valence-electron chi connectivity index (χ3n) is 4.43. The molecule has 1 amide bonds. The van der Waals surface area contributed by atoms with Crippen molar-refractivity contribution in [2.75, 3.05) is 25.0 Å². The van der Waals surface area contributed by atoms with Crippen molar-refractivity contribution in [1.82, 2.24) is 4.90 Å². The Morgan fingerprint density at radius 1 is 1.12 bits per heavy atom. The highest BCUT2D eigenvalue weighted by molar-refractivity contribution is 5.88. The minimum atomic E-state index is -0.0603. The molecule has 1 heterocycles. The monoisotopic (exact) mass is 344 g/mol. The topological polar surface area (TPSA) is 32.3 Å². The fourth-order valence-corrected chi connectivity index (χ4v) is 3.05. The van der Waals surface area contributed by atoms with Gasteiger partial charge in [0.25, 0.3) is 0 Å². The van der Waals surface area contributed by atoms with Gasteiger partial charge in [-0.3, -0.25) is 9.69 Å². The maximum Gasteiger partial charge on any atom is 0.221 e. The number of nitrogens with zero attached hydrogens (tertiary/aromatic N) is 1. The maximum atomic E-state index is 11.0. The van der Waals surface area contributed by atoms with E-state index in [2.05, 4.69) is 58.5 Å². The van der Waals surface area contributed by atoms with E-state index in [0.717, 1.165) is 43.7 Å². The molecule has 2 aromatic carbocycles. The predicted molar refractivity (Wildman–Crippen MR) is 108 cm³/mol. The van der Waals surface area contributed by atoms with E-state index in [-0.39, 0.29) is 5.91 Å². The molecule has 0 fully saturated rings. The van der Waals surface area contributed by atoms with E-state index in [9.17, 15) is 4.79 Å². The minimum Gasteiger partial charge on any atom is -0.326 e. The van der Waals surface area contributed by atoms with E-state index in [0.29, 0.717) is 0 Å². The summed E-state index contributed by atoms with van der Waals surface area (Å²) in [6.45, 7) is 4.59. The van der Waals surface area contributed by atoms with Crippen molar-refractivity contribution in [2.24, 2.45) is 0 Å². The summed E-state index contributed by atoms with van der Waals surface area (Å²) in [5, 5.41) is 2.76. The fraction of sp³-hybridized carbons (Fsp3) is 0.261. The van der Waals surface area contributed by atoms with Gasteiger partial charge in [-0.2, -0.15) is 0 Å². The lowest BCUT2D eigenvalue weighted by molar-refractivity contribution is -0.114. The van der Waals surface area contributed by atoms with Gasteiger partial charge in [-0.1, -0.05) is 48.2 Å². The lowest BCUT2D eigenvalue weighted by Crippen LogP contribution is -2.29. The first kappa shape index (κ1) is 18.0. The van der Waals surface area contributed by atoms with Gasteiger partial charge in [0.2, 0.25) is 5.91 Å². The number of carbonyl (C=O) groups excluding carboxylic acids is 1. The van der Waals surface area contributed by atoms with Crippen LogP contribution in [0.25, 0.3) is 5.57 Å². The minimum absolute atomic E-state index is 0.0603. The average Bonchev–Trinajstić information content (AvgIpc) is 2.67. The number of nitrogens with one attached hydrogen (secondary N) is 1. The van der Waals surface area contributed by atoms with Gasteiger partial charge < -0.3 is 5.32 Å². The molecule has 0 saturated heterocycles. The van der Waals surface area contributed by atoms with Gasteiger partial charge in [0.1, 0.15) is 0 Å². The largest absolute Gasteiger partial charge is 0.326 e. The van der Waals surface area contributed by atoms with Gasteiger partial charge in [0.15, 0.2) is 0 Å². The second kappa shape index (κ2) is 9.03. The van der Waals surface area contributed by atoms with Crippen LogP contribution in [0.15, 0.2) is 60.7 Å². The van der Waals surface area contributed by atoms with Crippen molar-refractivity contribution in [3.63, 3.8) is 0 Å². The van der Waals surface area contributed by atoms with Crippen molar-refractivity contribution in [2.45, 2.75) is 19.8 Å². The van der Waals surface area contributed by atoms with Crippen LogP contribution < -0.4 is 5.32 Å². The first-order chi connectivity index (χ1) is 12.7. The Balaban J connectivity index is 1.45. The van der Waals surface area contributed by atoms with Crippen LogP contribution >= 0.6 is 0 Å². The van der Waals surface area contributed by atoms with E-state index in [1.165, 1.54) is 18.1 Å². The van der Waals surface area contributed by atoms with Gasteiger partial charge in [0.05, 0.1) is 0 Å². The van der Waals surface area contributed by atoms with E-state index in [4.69, 9.17) is 0 Å². The van der Waals surface area contributed by atoms with Gasteiger partial charge in [-0.05, 0) is 41.8 Å². The summed E-state index contributed by atoms with van der Waals surface area (Å²) >= 11 is 0. The Hall–Kier alpha value is -2.83. The number of carbonyl (C=O) groups is 1. The summed E-state index contributed by atoms with van der Waals surface area (Å²) < 4.78 is 0. The molecule has 0 unspecified atom stereocenters. The third kappa shape index (κ3) is 5.34. The molecule has 0 spiro atoms. The summed E-state index contributed by atoms with van der Waals surface area (Å²) in [7, 11) is 0. The molecule has 0 saturated carbocycles. The molecule has 3 nitrogen and oxygen atoms in total. The first-order valence-electron chi connectivity index (χ1n) is 9.04. The Bertz CT molecular complexity index is 826. The van der Waals surface area contributed by atoms with Crippen molar-refractivity contribution in [1.29, 1.82) is 0 Å². The summed E-state index contributed by atoms with van der Waals surface area (Å²) in [5.41, 5.74) is 4.57. The molecular weight excluding hydrogens is 320 g/mol. The molecule has 3 heteroatoms. The molecule has 1 aliphatic heterocycles. The highest BCUT2D eigenvalue weighted by Gasteiger charge is 2.11. The zero-order valence-electron chi connectivity index (χ0n) is 15.2. The van der Waals surface area contributed by atoms with Crippen molar-refractivity contribution >= 4 is 17.2 Å². The number of anilines is 1. The van der Waals surface area contributed by atoms with Crippen LogP contribution in [0.4, 0.5) is 5.69 Å². The van der Waals surface area contributed by atoms with Crippen LogP contribution in [0, 0.1) is 11.8 Å². The average molecular weight is 344 g/mol. The quantitative estimate of drug-likeness (QED) is 0.844. The first-order valence-corrected chi connectivity index (χ1v) is 9.04. The van der Waals surface area contributed by atoms with E-state index in [1.54, 1.807) is 0 Å². The van der Waals surface area contributed by atoms with Crippen molar-refractivity contribution in [3.8, 4) is 11.8 Å². The van der Waals surface area contributed by atoms with E-state index < -0.39 is 0 Å². The van der Waals surface area contributed by atoms with Gasteiger partial charge in [-0.25, -0.2) is 0 Å². The lowest BCUT2D eigenvalue weighted by Gasteiger charge is -2.25. The van der Waals surface area contributed by atoms with E-state index >= 15 is 0 Å². The molecule has 0 atom stereocenters. The summed E-state index contributed by atoms with van der Waals surface area (Å²) in [5.74, 6) is 6.39. The number of rotatable bonds is 4. The Morgan fingerprint density at radius 3 is 2.54 bits per heavy atom. The Morgan fingerprint density at radius 2 is 1.88 bits per heavy atom. The predicted octanol–water partition coefficient (Wildman–Crippen LogP) is 4.18. The van der Waals surface area contributed by atoms with Gasteiger partial charge >= 0.3 is 0 Å². The number of amides is 1. The van der Waals surface area contributed by atoms with E-state index in [1.807, 2.05) is 24.3 Å². The van der Waals surface area contributed by atoms with Crippen LogP contribution in [0.3, 0.4) is 0 Å². The van der Waals surface area contributed by atoms with Crippen LogP contribution in [0.1, 0.15) is 30.9 Å². The summed E-state index contributed by atoms with van der Waals surface area (Å²) in [4.78, 5) is 13.5. The highest BCUT2D eigenvalue weighted by atomic mass is 16.1. The Labute approximate surface area is 155 Å². The molecule has 2 aromatic rings. The molecule has 0 radical (unpaired) electrons. The molecular formula is C23H24N2O. The van der Waals surface area contributed by atoms with Crippen LogP contribution in [-0.2, 0) is 4.79 Å². The normalized spacial score (nSPS) is 14.1. The smallest absolute Gasteiger partial charge is 0.221 e. The van der Waals surface area contributed by atoms with Crippen LogP contribution in [-0.4, -0.2) is 30.4 Å². The highest BCUT2D eigenvalue weighted by Crippen LogP contribution is 2.21. The molecule has 132 valence electrons. The number of hydrogen-bond donors (Lipinski definition) is 1. The maximum absolute atomic E-state index is 11.0. The number of benzene rings is 2. The molecule has 1 N–H and O–H groups in total. The molecule has 0 bridgehead atoms.